The number of nitrogens with zero attached hydrogens (tertiary/aromatic N) is 3. The molecule has 3 rings (SSSR count). The fourth-order valence-electron chi connectivity index (χ4n) is 3.72. The molecule has 2 aliphatic rings. The van der Waals surface area contributed by atoms with Gasteiger partial charge in [0.25, 0.3) is 0 Å². The van der Waals surface area contributed by atoms with E-state index in [9.17, 15) is 8.42 Å². The number of rotatable bonds is 7. The third kappa shape index (κ3) is 5.08. The molecule has 28 heavy (non-hydrogen) atoms. The summed E-state index contributed by atoms with van der Waals surface area (Å²) in [6.07, 6.45) is 1.72. The Morgan fingerprint density at radius 2 is 2.14 bits per heavy atom. The molecule has 1 atom stereocenters. The van der Waals surface area contributed by atoms with Crippen LogP contribution in [0.25, 0.3) is 0 Å². The van der Waals surface area contributed by atoms with E-state index in [2.05, 4.69) is 26.6 Å². The summed E-state index contributed by atoms with van der Waals surface area (Å²) < 4.78 is 30.8. The molecule has 1 aromatic rings. The van der Waals surface area contributed by atoms with Crippen molar-refractivity contribution in [2.24, 2.45) is 4.99 Å². The highest BCUT2D eigenvalue weighted by atomic mass is 32.2. The summed E-state index contributed by atoms with van der Waals surface area (Å²) in [5.74, 6) is 1.89. The molecule has 2 heterocycles. The maximum Gasteiger partial charge on any atom is 0.214 e. The van der Waals surface area contributed by atoms with Crippen LogP contribution >= 0.6 is 0 Å². The molecular weight excluding hydrogens is 378 g/mol. The Morgan fingerprint density at radius 1 is 1.32 bits per heavy atom. The van der Waals surface area contributed by atoms with Crippen molar-refractivity contribution in [3.63, 3.8) is 0 Å². The van der Waals surface area contributed by atoms with Gasteiger partial charge in [0.1, 0.15) is 5.75 Å². The van der Waals surface area contributed by atoms with E-state index in [1.165, 1.54) is 0 Å². The van der Waals surface area contributed by atoms with Gasteiger partial charge in [-0.25, -0.2) is 12.7 Å². The second kappa shape index (κ2) is 9.47. The first-order chi connectivity index (χ1) is 13.5. The lowest BCUT2D eigenvalue weighted by molar-refractivity contribution is 0.415. The maximum absolute atomic E-state index is 11.9. The number of guanidine groups is 1. The molecule has 0 saturated carbocycles. The fraction of sp³-hybridized carbons (Fsp3) is 0.632. The van der Waals surface area contributed by atoms with Crippen LogP contribution in [0.2, 0.25) is 0 Å². The highest BCUT2D eigenvalue weighted by Gasteiger charge is 2.28. The Kier molecular flexibility index (Phi) is 7.01. The van der Waals surface area contributed by atoms with Gasteiger partial charge >= 0.3 is 0 Å². The predicted octanol–water partition coefficient (Wildman–Crippen LogP) is 0.865. The zero-order valence-corrected chi connectivity index (χ0v) is 17.5. The number of methoxy groups -OCH3 is 1. The third-order valence-corrected chi connectivity index (χ3v) is 7.08. The van der Waals surface area contributed by atoms with Crippen molar-refractivity contribution in [3.8, 4) is 5.75 Å². The summed E-state index contributed by atoms with van der Waals surface area (Å²) in [5.41, 5.74) is 1.11. The van der Waals surface area contributed by atoms with Gasteiger partial charge < -0.3 is 20.3 Å². The van der Waals surface area contributed by atoms with E-state index in [-0.39, 0.29) is 11.8 Å². The van der Waals surface area contributed by atoms with Gasteiger partial charge in [-0.05, 0) is 31.9 Å². The molecule has 9 heteroatoms. The highest BCUT2D eigenvalue weighted by molar-refractivity contribution is 7.89. The second-order valence-corrected chi connectivity index (χ2v) is 9.17. The number of hydrogen-bond donors (Lipinski definition) is 2. The molecule has 0 bridgehead atoms. The van der Waals surface area contributed by atoms with Crippen molar-refractivity contribution >= 4 is 21.7 Å². The second-order valence-electron chi connectivity index (χ2n) is 7.08. The Hall–Kier alpha value is -2.00. The Morgan fingerprint density at radius 3 is 2.86 bits per heavy atom. The zero-order chi connectivity index (χ0) is 20.0. The minimum Gasteiger partial charge on any atom is -0.495 e. The van der Waals surface area contributed by atoms with Crippen LogP contribution in [0.4, 0.5) is 5.69 Å². The number of benzene rings is 1. The molecule has 2 N–H and O–H groups in total. The number of sulfonamides is 1. The molecule has 1 aromatic carbocycles. The summed E-state index contributed by atoms with van der Waals surface area (Å²) in [4.78, 5) is 6.90. The van der Waals surface area contributed by atoms with Crippen molar-refractivity contribution in [3.05, 3.63) is 24.3 Å². The Bertz CT molecular complexity index is 784. The van der Waals surface area contributed by atoms with Crippen LogP contribution in [0, 0.1) is 0 Å². The topological polar surface area (TPSA) is 86.3 Å². The SMILES string of the molecule is CCNC(=NCCN1CCCS1(=O)=O)NC1CCN(c2ccccc2OC)C1. The van der Waals surface area contributed by atoms with E-state index in [0.29, 0.717) is 26.1 Å². The average Bonchev–Trinajstić information content (AvgIpc) is 3.28. The summed E-state index contributed by atoms with van der Waals surface area (Å²) in [7, 11) is -1.36. The zero-order valence-electron chi connectivity index (χ0n) is 16.7. The van der Waals surface area contributed by atoms with Crippen molar-refractivity contribution in [2.45, 2.75) is 25.8 Å². The van der Waals surface area contributed by atoms with Gasteiger partial charge in [0.2, 0.25) is 10.0 Å². The Labute approximate surface area is 168 Å². The number of aliphatic imine (C=N–C) groups is 1. The molecule has 0 amide bonds. The van der Waals surface area contributed by atoms with Crippen LogP contribution in [0.15, 0.2) is 29.3 Å². The van der Waals surface area contributed by atoms with Crippen molar-refractivity contribution < 1.29 is 13.2 Å². The first-order valence-electron chi connectivity index (χ1n) is 9.94. The van der Waals surface area contributed by atoms with Gasteiger partial charge in [-0.15, -0.1) is 0 Å². The third-order valence-electron chi connectivity index (χ3n) is 5.12. The van der Waals surface area contributed by atoms with Crippen LogP contribution in [0.5, 0.6) is 5.75 Å². The number of nitrogens with one attached hydrogen (secondary N) is 2. The monoisotopic (exact) mass is 409 g/mol. The molecule has 0 radical (unpaired) electrons. The number of ether oxygens (including phenoxy) is 1. The summed E-state index contributed by atoms with van der Waals surface area (Å²) in [6, 6.07) is 8.34. The van der Waals surface area contributed by atoms with Crippen LogP contribution in [0.1, 0.15) is 19.8 Å². The minimum atomic E-state index is -3.06. The predicted molar refractivity (Wildman–Crippen MR) is 113 cm³/mol. The maximum atomic E-state index is 11.9. The van der Waals surface area contributed by atoms with E-state index in [1.54, 1.807) is 11.4 Å². The molecular formula is C19H31N5O3S. The van der Waals surface area contributed by atoms with E-state index in [4.69, 9.17) is 4.74 Å². The lowest BCUT2D eigenvalue weighted by atomic mass is 10.2. The quantitative estimate of drug-likeness (QED) is 0.513. The van der Waals surface area contributed by atoms with Crippen LogP contribution in [-0.2, 0) is 10.0 Å². The first kappa shape index (κ1) is 20.7. The van der Waals surface area contributed by atoms with E-state index < -0.39 is 10.0 Å². The smallest absolute Gasteiger partial charge is 0.214 e. The van der Waals surface area contributed by atoms with E-state index in [0.717, 1.165) is 43.5 Å². The van der Waals surface area contributed by atoms with Crippen molar-refractivity contribution in [1.29, 1.82) is 0 Å². The van der Waals surface area contributed by atoms with E-state index in [1.807, 2.05) is 25.1 Å². The Balaban J connectivity index is 1.55. The van der Waals surface area contributed by atoms with Crippen LogP contribution < -0.4 is 20.3 Å². The standard InChI is InChI=1S/C19H31N5O3S/c1-3-20-19(21-10-13-24-11-6-14-28(24,25)26)22-16-9-12-23(15-16)17-7-4-5-8-18(17)27-2/h4-5,7-8,16H,3,6,9-15H2,1-2H3,(H2,20,21,22). The molecule has 1 unspecified atom stereocenters. The first-order valence-corrected chi connectivity index (χ1v) is 11.5. The summed E-state index contributed by atoms with van der Waals surface area (Å²) in [5, 5.41) is 6.75. The van der Waals surface area contributed by atoms with Gasteiger partial charge in [0.15, 0.2) is 5.96 Å². The van der Waals surface area contributed by atoms with Crippen LogP contribution in [-0.4, -0.2) is 76.9 Å². The largest absolute Gasteiger partial charge is 0.495 e. The molecule has 8 nitrogen and oxygen atoms in total. The molecule has 2 aliphatic heterocycles. The highest BCUT2D eigenvalue weighted by Crippen LogP contribution is 2.30. The number of hydrogen-bond acceptors (Lipinski definition) is 5. The van der Waals surface area contributed by atoms with Gasteiger partial charge in [-0.2, -0.15) is 0 Å². The average molecular weight is 410 g/mol. The normalized spacial score (nSPS) is 22.4. The lowest BCUT2D eigenvalue weighted by Crippen LogP contribution is -2.45. The fourth-order valence-corrected chi connectivity index (χ4v) is 5.24. The van der Waals surface area contributed by atoms with Gasteiger partial charge in [0.05, 0.1) is 25.1 Å². The molecule has 2 fully saturated rings. The van der Waals surface area contributed by atoms with Crippen molar-refractivity contribution in [1.82, 2.24) is 14.9 Å². The molecule has 0 aliphatic carbocycles. The lowest BCUT2D eigenvalue weighted by Gasteiger charge is -2.22. The van der Waals surface area contributed by atoms with Crippen LogP contribution in [0.3, 0.4) is 0 Å². The van der Waals surface area contributed by atoms with Gasteiger partial charge in [0, 0.05) is 38.8 Å². The van der Waals surface area contributed by atoms with E-state index >= 15 is 0 Å². The van der Waals surface area contributed by atoms with Gasteiger partial charge in [-0.1, -0.05) is 12.1 Å². The summed E-state index contributed by atoms with van der Waals surface area (Å²) in [6.45, 7) is 6.11. The van der Waals surface area contributed by atoms with Gasteiger partial charge in [-0.3, -0.25) is 4.99 Å². The molecule has 2 saturated heterocycles. The minimum absolute atomic E-state index is 0.260. The van der Waals surface area contributed by atoms with Crippen molar-refractivity contribution in [2.75, 3.05) is 57.0 Å². The number of anilines is 1. The summed E-state index contributed by atoms with van der Waals surface area (Å²) >= 11 is 0. The molecule has 0 spiro atoms. The number of para-hydroxylation sites is 2. The molecule has 0 aromatic heterocycles. The molecule has 156 valence electrons.